The van der Waals surface area contributed by atoms with Crippen LogP contribution in [0.5, 0.6) is 0 Å². The van der Waals surface area contributed by atoms with E-state index in [1.807, 2.05) is 37.3 Å². The first kappa shape index (κ1) is 18.9. The highest BCUT2D eigenvalue weighted by atomic mass is 35.5. The molecule has 0 saturated carbocycles. The molecule has 2 aromatic rings. The normalized spacial score (nSPS) is 11.7. The van der Waals surface area contributed by atoms with Gasteiger partial charge in [-0.2, -0.15) is 4.31 Å². The number of amides is 1. The van der Waals surface area contributed by atoms with Crippen LogP contribution in [0.15, 0.2) is 46.7 Å². The predicted molar refractivity (Wildman–Crippen MR) is 96.7 cm³/mol. The molecule has 0 atom stereocenters. The fraction of sp³-hybridized carbons (Fsp3) is 0.312. The molecule has 0 fully saturated rings. The van der Waals surface area contributed by atoms with Gasteiger partial charge in [0.05, 0.1) is 10.9 Å². The maximum atomic E-state index is 12.5. The van der Waals surface area contributed by atoms with Gasteiger partial charge in [0.25, 0.3) is 10.0 Å². The SMILES string of the molecule is CCN(Cc1ccccc1)C(=O)CN(C)S(=O)(=O)c1ccc(Cl)s1. The van der Waals surface area contributed by atoms with Crippen LogP contribution < -0.4 is 0 Å². The lowest BCUT2D eigenvalue weighted by molar-refractivity contribution is -0.131. The minimum Gasteiger partial charge on any atom is -0.338 e. The van der Waals surface area contributed by atoms with Crippen molar-refractivity contribution in [3.63, 3.8) is 0 Å². The van der Waals surface area contributed by atoms with E-state index in [9.17, 15) is 13.2 Å². The zero-order valence-corrected chi connectivity index (χ0v) is 15.9. The third-order valence-electron chi connectivity index (χ3n) is 3.52. The summed E-state index contributed by atoms with van der Waals surface area (Å²) in [5.41, 5.74) is 1.00. The van der Waals surface area contributed by atoms with Crippen molar-refractivity contribution in [2.75, 3.05) is 20.1 Å². The zero-order valence-electron chi connectivity index (χ0n) is 13.5. The summed E-state index contributed by atoms with van der Waals surface area (Å²) in [6, 6.07) is 12.6. The first-order valence-corrected chi connectivity index (χ1v) is 10.0. The molecular weight excluding hydrogens is 368 g/mol. The summed E-state index contributed by atoms with van der Waals surface area (Å²) in [7, 11) is -2.31. The van der Waals surface area contributed by atoms with Crippen LogP contribution in [0.1, 0.15) is 12.5 Å². The number of sulfonamides is 1. The van der Waals surface area contributed by atoms with Gasteiger partial charge in [-0.05, 0) is 24.6 Å². The highest BCUT2D eigenvalue weighted by molar-refractivity contribution is 7.91. The summed E-state index contributed by atoms with van der Waals surface area (Å²) >= 11 is 6.78. The number of carbonyl (C=O) groups excluding carboxylic acids is 1. The smallest absolute Gasteiger partial charge is 0.252 e. The molecule has 8 heteroatoms. The number of halogens is 1. The van der Waals surface area contributed by atoms with E-state index in [2.05, 4.69) is 0 Å². The number of hydrogen-bond acceptors (Lipinski definition) is 4. The molecule has 0 aliphatic heterocycles. The van der Waals surface area contributed by atoms with E-state index < -0.39 is 10.0 Å². The summed E-state index contributed by atoms with van der Waals surface area (Å²) < 4.78 is 26.5. The molecule has 0 spiro atoms. The fourth-order valence-corrected chi connectivity index (χ4v) is 4.96. The van der Waals surface area contributed by atoms with Crippen LogP contribution in [-0.4, -0.2) is 43.7 Å². The van der Waals surface area contributed by atoms with Crippen molar-refractivity contribution >= 4 is 38.9 Å². The van der Waals surface area contributed by atoms with Crippen LogP contribution in [-0.2, 0) is 21.4 Å². The number of benzene rings is 1. The number of rotatable bonds is 7. The van der Waals surface area contributed by atoms with Crippen molar-refractivity contribution < 1.29 is 13.2 Å². The molecule has 0 aliphatic rings. The minimum atomic E-state index is -3.71. The molecule has 1 heterocycles. The van der Waals surface area contributed by atoms with Crippen LogP contribution in [0.3, 0.4) is 0 Å². The van der Waals surface area contributed by atoms with Crippen LogP contribution in [0, 0.1) is 0 Å². The van der Waals surface area contributed by atoms with Crippen LogP contribution in [0.4, 0.5) is 0 Å². The van der Waals surface area contributed by atoms with Gasteiger partial charge in [0.2, 0.25) is 5.91 Å². The molecule has 1 amide bonds. The number of hydrogen-bond donors (Lipinski definition) is 0. The predicted octanol–water partition coefficient (Wildman–Crippen LogP) is 3.07. The average Bonchev–Trinajstić information content (AvgIpc) is 3.00. The number of carbonyl (C=O) groups is 1. The molecule has 5 nitrogen and oxygen atoms in total. The Morgan fingerprint density at radius 1 is 1.17 bits per heavy atom. The quantitative estimate of drug-likeness (QED) is 0.734. The lowest BCUT2D eigenvalue weighted by atomic mass is 10.2. The standard InChI is InChI=1S/C16H19ClN2O3S2/c1-3-19(11-13-7-5-4-6-8-13)15(20)12-18(2)24(21,22)16-10-9-14(17)23-16/h4-10H,3,11-12H2,1-2H3. The second kappa shape index (κ2) is 8.11. The highest BCUT2D eigenvalue weighted by Crippen LogP contribution is 2.27. The Bertz CT molecular complexity index is 791. The Labute approximate surface area is 151 Å². The van der Waals surface area contributed by atoms with E-state index in [0.29, 0.717) is 17.4 Å². The Hall–Kier alpha value is -1.41. The first-order valence-electron chi connectivity index (χ1n) is 7.38. The molecule has 0 unspecified atom stereocenters. The molecular formula is C16H19ClN2O3S2. The zero-order chi connectivity index (χ0) is 17.7. The van der Waals surface area contributed by atoms with E-state index in [-0.39, 0.29) is 16.7 Å². The largest absolute Gasteiger partial charge is 0.338 e. The van der Waals surface area contributed by atoms with E-state index >= 15 is 0 Å². The van der Waals surface area contributed by atoms with E-state index in [1.54, 1.807) is 4.90 Å². The lowest BCUT2D eigenvalue weighted by Crippen LogP contribution is -2.40. The van der Waals surface area contributed by atoms with E-state index in [4.69, 9.17) is 11.6 Å². The molecule has 0 saturated heterocycles. The molecule has 0 bridgehead atoms. The van der Waals surface area contributed by atoms with Crippen molar-refractivity contribution in [2.24, 2.45) is 0 Å². The highest BCUT2D eigenvalue weighted by Gasteiger charge is 2.26. The summed E-state index contributed by atoms with van der Waals surface area (Å²) in [5, 5.41) is 0. The van der Waals surface area contributed by atoms with Gasteiger partial charge < -0.3 is 4.90 Å². The minimum absolute atomic E-state index is 0.133. The summed E-state index contributed by atoms with van der Waals surface area (Å²) in [5.74, 6) is -0.241. The first-order chi connectivity index (χ1) is 11.3. The maximum absolute atomic E-state index is 12.5. The van der Waals surface area contributed by atoms with Gasteiger partial charge in [-0.3, -0.25) is 4.79 Å². The number of thiophene rings is 1. The number of likely N-dealkylation sites (N-methyl/N-ethyl adjacent to an activating group) is 2. The lowest BCUT2D eigenvalue weighted by Gasteiger charge is -2.24. The van der Waals surface area contributed by atoms with Crippen molar-refractivity contribution in [2.45, 2.75) is 17.7 Å². The van der Waals surface area contributed by atoms with Crippen molar-refractivity contribution in [3.8, 4) is 0 Å². The number of nitrogens with zero attached hydrogens (tertiary/aromatic N) is 2. The van der Waals surface area contributed by atoms with Crippen molar-refractivity contribution in [3.05, 3.63) is 52.4 Å². The third kappa shape index (κ3) is 4.57. The third-order valence-corrected chi connectivity index (χ3v) is 7.02. The molecule has 0 N–H and O–H groups in total. The van der Waals surface area contributed by atoms with Gasteiger partial charge in [-0.25, -0.2) is 8.42 Å². The molecule has 0 aliphatic carbocycles. The molecule has 1 aromatic carbocycles. The molecule has 0 radical (unpaired) electrons. The van der Waals surface area contributed by atoms with Crippen molar-refractivity contribution in [1.82, 2.24) is 9.21 Å². The topological polar surface area (TPSA) is 57.7 Å². The average molecular weight is 387 g/mol. The van der Waals surface area contributed by atoms with Crippen LogP contribution in [0.25, 0.3) is 0 Å². The molecule has 130 valence electrons. The van der Waals surface area contributed by atoms with Gasteiger partial charge in [0.1, 0.15) is 4.21 Å². The van der Waals surface area contributed by atoms with E-state index in [0.717, 1.165) is 21.2 Å². The van der Waals surface area contributed by atoms with Gasteiger partial charge in [-0.1, -0.05) is 41.9 Å². The molecule has 24 heavy (non-hydrogen) atoms. The van der Waals surface area contributed by atoms with E-state index in [1.165, 1.54) is 19.2 Å². The fourth-order valence-electron chi connectivity index (χ4n) is 2.15. The summed E-state index contributed by atoms with van der Waals surface area (Å²) in [4.78, 5) is 14.1. The Morgan fingerprint density at radius 2 is 1.83 bits per heavy atom. The molecule has 2 rings (SSSR count). The second-order valence-electron chi connectivity index (χ2n) is 5.21. The Balaban J connectivity index is 2.06. The second-order valence-corrected chi connectivity index (χ2v) is 9.20. The van der Waals surface area contributed by atoms with Gasteiger partial charge in [-0.15, -0.1) is 11.3 Å². The maximum Gasteiger partial charge on any atom is 0.252 e. The van der Waals surface area contributed by atoms with Gasteiger partial charge in [0, 0.05) is 20.1 Å². The van der Waals surface area contributed by atoms with Crippen LogP contribution in [0.2, 0.25) is 4.34 Å². The van der Waals surface area contributed by atoms with Crippen molar-refractivity contribution in [1.29, 1.82) is 0 Å². The van der Waals surface area contributed by atoms with Crippen LogP contribution >= 0.6 is 22.9 Å². The monoisotopic (exact) mass is 386 g/mol. The molecule has 1 aromatic heterocycles. The summed E-state index contributed by atoms with van der Waals surface area (Å²) in [6.45, 7) is 2.62. The van der Waals surface area contributed by atoms with Gasteiger partial charge >= 0.3 is 0 Å². The van der Waals surface area contributed by atoms with Gasteiger partial charge in [0.15, 0.2) is 0 Å². The Morgan fingerprint density at radius 3 is 2.38 bits per heavy atom. The Kier molecular flexibility index (Phi) is 6.40. The summed E-state index contributed by atoms with van der Waals surface area (Å²) in [6.07, 6.45) is 0.